The van der Waals surface area contributed by atoms with Crippen LogP contribution in [-0.2, 0) is 17.8 Å². The highest BCUT2D eigenvalue weighted by Crippen LogP contribution is 2.35. The summed E-state index contributed by atoms with van der Waals surface area (Å²) in [5.41, 5.74) is 0.722. The Morgan fingerprint density at radius 2 is 1.97 bits per heavy atom. The number of thiazole rings is 1. The van der Waals surface area contributed by atoms with Gasteiger partial charge in [0.1, 0.15) is 22.4 Å². The molecule has 0 unspecified atom stereocenters. The summed E-state index contributed by atoms with van der Waals surface area (Å²) in [5.74, 6) is 1.09. The number of carbonyl (C=O) groups excluding carboxylic acids is 1. The third kappa shape index (κ3) is 5.74. The number of carbonyl (C=O) groups is 1. The maximum Gasteiger partial charge on any atom is 0.232 e. The Balaban J connectivity index is 1.26. The molecule has 0 atom stereocenters. The molecule has 0 aliphatic heterocycles. The molecule has 1 amide bonds. The maximum atomic E-state index is 12.3. The molecule has 2 aromatic heterocycles. The summed E-state index contributed by atoms with van der Waals surface area (Å²) in [7, 11) is 0. The van der Waals surface area contributed by atoms with E-state index in [1.807, 2.05) is 17.5 Å². The topological polar surface area (TPSA) is 77.0 Å². The molecule has 0 bridgehead atoms. The molecule has 1 fully saturated rings. The number of amides is 1. The first-order chi connectivity index (χ1) is 14.2. The lowest BCUT2D eigenvalue weighted by Crippen LogP contribution is -2.14. The Hall–Kier alpha value is -2.03. The smallest absolute Gasteiger partial charge is 0.232 e. The van der Waals surface area contributed by atoms with E-state index in [-0.39, 0.29) is 12.3 Å². The van der Waals surface area contributed by atoms with Crippen molar-refractivity contribution in [3.8, 4) is 5.75 Å². The Kier molecular flexibility index (Phi) is 6.74. The van der Waals surface area contributed by atoms with Crippen LogP contribution in [0.5, 0.6) is 5.75 Å². The zero-order valence-corrected chi connectivity index (χ0v) is 18.2. The number of nitrogens with one attached hydrogen (secondary N) is 1. The number of anilines is 1. The Morgan fingerprint density at radius 3 is 2.76 bits per heavy atom. The van der Waals surface area contributed by atoms with Crippen LogP contribution in [0.3, 0.4) is 0 Å². The number of nitrogens with zero attached hydrogens (tertiary/aromatic N) is 3. The van der Waals surface area contributed by atoms with Crippen LogP contribution in [0, 0.1) is 0 Å². The van der Waals surface area contributed by atoms with Gasteiger partial charge < -0.3 is 10.1 Å². The maximum absolute atomic E-state index is 12.3. The second-order valence-corrected chi connectivity index (χ2v) is 9.37. The minimum absolute atomic E-state index is 0.133. The van der Waals surface area contributed by atoms with Crippen molar-refractivity contribution in [2.24, 2.45) is 0 Å². The average Bonchev–Trinajstić information content (AvgIpc) is 3.38. The van der Waals surface area contributed by atoms with Gasteiger partial charge in [0.25, 0.3) is 0 Å². The van der Waals surface area contributed by atoms with Crippen molar-refractivity contribution in [3.63, 3.8) is 0 Å². The lowest BCUT2D eigenvalue weighted by atomic mass is 9.90. The summed E-state index contributed by atoms with van der Waals surface area (Å²) >= 11 is 8.83. The minimum atomic E-state index is -0.133. The fourth-order valence-corrected chi connectivity index (χ4v) is 5.06. The van der Waals surface area contributed by atoms with Gasteiger partial charge in [-0.05, 0) is 37.1 Å². The standard InChI is InChI=1S/C20H21ClN4O2S2/c21-14-6-8-16(9-7-14)27-11-18-22-15(12-28-18)10-17(26)23-20-25-24-19(29-20)13-4-2-1-3-5-13/h6-9,12-13H,1-5,10-11H2,(H,23,25,26). The molecule has 2 heterocycles. The Bertz CT molecular complexity index is 952. The normalized spacial score (nSPS) is 14.7. The molecule has 1 aromatic carbocycles. The van der Waals surface area contributed by atoms with Gasteiger partial charge in [-0.2, -0.15) is 0 Å². The summed E-state index contributed by atoms with van der Waals surface area (Å²) in [5, 5.41) is 16.2. The first kappa shape index (κ1) is 20.3. The van der Waals surface area contributed by atoms with E-state index >= 15 is 0 Å². The zero-order valence-electron chi connectivity index (χ0n) is 15.8. The Labute approximate surface area is 182 Å². The molecule has 0 spiro atoms. The van der Waals surface area contributed by atoms with Crippen molar-refractivity contribution in [1.82, 2.24) is 15.2 Å². The molecule has 1 aliphatic carbocycles. The molecule has 1 aliphatic rings. The van der Waals surface area contributed by atoms with E-state index in [1.165, 1.54) is 54.8 Å². The summed E-state index contributed by atoms with van der Waals surface area (Å²) in [6, 6.07) is 7.19. The van der Waals surface area contributed by atoms with E-state index in [0.29, 0.717) is 22.7 Å². The number of rotatable bonds is 7. The molecule has 3 aromatic rings. The molecule has 6 nitrogen and oxygen atoms in total. The number of benzene rings is 1. The van der Waals surface area contributed by atoms with Gasteiger partial charge in [-0.15, -0.1) is 21.5 Å². The van der Waals surface area contributed by atoms with Gasteiger partial charge in [-0.3, -0.25) is 4.79 Å². The molecule has 0 radical (unpaired) electrons. The fraction of sp³-hybridized carbons (Fsp3) is 0.400. The van der Waals surface area contributed by atoms with Gasteiger partial charge in [0.05, 0.1) is 12.1 Å². The quantitative estimate of drug-likeness (QED) is 0.519. The Morgan fingerprint density at radius 1 is 1.17 bits per heavy atom. The van der Waals surface area contributed by atoms with Gasteiger partial charge in [0, 0.05) is 16.3 Å². The number of halogens is 1. The third-order valence-electron chi connectivity index (χ3n) is 4.76. The number of hydrogen-bond acceptors (Lipinski definition) is 7. The van der Waals surface area contributed by atoms with Crippen LogP contribution in [0.1, 0.15) is 53.7 Å². The third-order valence-corrected chi connectivity index (χ3v) is 6.88. The van der Waals surface area contributed by atoms with Crippen LogP contribution >= 0.6 is 34.3 Å². The van der Waals surface area contributed by atoms with Crippen molar-refractivity contribution >= 4 is 45.3 Å². The lowest BCUT2D eigenvalue weighted by Gasteiger charge is -2.18. The first-order valence-electron chi connectivity index (χ1n) is 9.60. The van der Waals surface area contributed by atoms with E-state index in [9.17, 15) is 4.79 Å². The van der Waals surface area contributed by atoms with Crippen molar-refractivity contribution in [1.29, 1.82) is 0 Å². The van der Waals surface area contributed by atoms with Gasteiger partial charge in [-0.25, -0.2) is 4.98 Å². The number of hydrogen-bond donors (Lipinski definition) is 1. The molecular formula is C20H21ClN4O2S2. The highest BCUT2D eigenvalue weighted by molar-refractivity contribution is 7.15. The van der Waals surface area contributed by atoms with Crippen LogP contribution in [0.25, 0.3) is 0 Å². The molecule has 29 heavy (non-hydrogen) atoms. The van der Waals surface area contributed by atoms with Gasteiger partial charge >= 0.3 is 0 Å². The van der Waals surface area contributed by atoms with Crippen molar-refractivity contribution in [3.05, 3.63) is 50.4 Å². The molecule has 0 saturated heterocycles. The van der Waals surface area contributed by atoms with Crippen molar-refractivity contribution in [2.45, 2.75) is 51.0 Å². The molecule has 152 valence electrons. The van der Waals surface area contributed by atoms with E-state index in [4.69, 9.17) is 16.3 Å². The summed E-state index contributed by atoms with van der Waals surface area (Å²) in [6.45, 7) is 0.356. The van der Waals surface area contributed by atoms with E-state index < -0.39 is 0 Å². The van der Waals surface area contributed by atoms with Crippen molar-refractivity contribution in [2.75, 3.05) is 5.32 Å². The van der Waals surface area contributed by atoms with Crippen LogP contribution in [0.15, 0.2) is 29.6 Å². The zero-order chi connectivity index (χ0) is 20.1. The van der Waals surface area contributed by atoms with E-state index in [0.717, 1.165) is 21.5 Å². The molecular weight excluding hydrogens is 428 g/mol. The van der Waals surface area contributed by atoms with Gasteiger partial charge in [0.2, 0.25) is 11.0 Å². The summed E-state index contributed by atoms with van der Waals surface area (Å²) in [4.78, 5) is 16.8. The first-order valence-corrected chi connectivity index (χ1v) is 11.7. The largest absolute Gasteiger partial charge is 0.486 e. The van der Waals surface area contributed by atoms with Crippen LogP contribution in [0.2, 0.25) is 5.02 Å². The SMILES string of the molecule is O=C(Cc1csc(COc2ccc(Cl)cc2)n1)Nc1nnc(C2CCCCC2)s1. The second-order valence-electron chi connectivity index (χ2n) is 6.98. The van der Waals surface area contributed by atoms with E-state index in [2.05, 4.69) is 20.5 Å². The predicted molar refractivity (Wildman–Crippen MR) is 116 cm³/mol. The summed E-state index contributed by atoms with van der Waals surface area (Å²) in [6.07, 6.45) is 6.35. The lowest BCUT2D eigenvalue weighted by molar-refractivity contribution is -0.115. The highest BCUT2D eigenvalue weighted by Gasteiger charge is 2.20. The molecule has 1 saturated carbocycles. The minimum Gasteiger partial charge on any atom is -0.486 e. The monoisotopic (exact) mass is 448 g/mol. The fourth-order valence-electron chi connectivity index (χ4n) is 3.30. The highest BCUT2D eigenvalue weighted by atomic mass is 35.5. The van der Waals surface area contributed by atoms with Crippen LogP contribution in [0.4, 0.5) is 5.13 Å². The van der Waals surface area contributed by atoms with Crippen LogP contribution in [-0.4, -0.2) is 21.1 Å². The number of ether oxygens (including phenoxy) is 1. The molecule has 1 N–H and O–H groups in total. The summed E-state index contributed by atoms with van der Waals surface area (Å²) < 4.78 is 5.69. The van der Waals surface area contributed by atoms with Gasteiger partial charge in [-0.1, -0.05) is 42.2 Å². The molecule has 9 heteroatoms. The number of aromatic nitrogens is 3. The van der Waals surface area contributed by atoms with E-state index in [1.54, 1.807) is 12.1 Å². The average molecular weight is 449 g/mol. The molecule has 4 rings (SSSR count). The van der Waals surface area contributed by atoms with Crippen LogP contribution < -0.4 is 10.1 Å². The van der Waals surface area contributed by atoms with Crippen molar-refractivity contribution < 1.29 is 9.53 Å². The second kappa shape index (κ2) is 9.65. The van der Waals surface area contributed by atoms with Gasteiger partial charge in [0.15, 0.2) is 0 Å². The predicted octanol–water partition coefficient (Wildman–Crippen LogP) is 5.46.